The van der Waals surface area contributed by atoms with E-state index in [1.165, 1.54) is 31.4 Å². The third-order valence-electron chi connectivity index (χ3n) is 25.3. The van der Waals surface area contributed by atoms with Crippen LogP contribution in [0, 0.1) is 85.8 Å². The number of piperidine rings is 3. The summed E-state index contributed by atoms with van der Waals surface area (Å²) in [6, 6.07) is 12.1. The molecule has 3 aliphatic heterocycles. The van der Waals surface area contributed by atoms with Crippen molar-refractivity contribution in [3.8, 4) is 0 Å². The fourth-order valence-corrected chi connectivity index (χ4v) is 16.2. The minimum atomic E-state index is -2.82. The molecule has 3 aromatic rings. The van der Waals surface area contributed by atoms with Crippen molar-refractivity contribution in [1.29, 1.82) is 0 Å². The van der Waals surface area contributed by atoms with Crippen LogP contribution < -0.4 is 31.9 Å². The van der Waals surface area contributed by atoms with E-state index in [-0.39, 0.29) is 134 Å². The molecule has 3 aliphatic carbocycles. The second kappa shape index (κ2) is 37.0. The Labute approximate surface area is 670 Å². The fraction of sp³-hybridized carbons (Fsp3) is 0.647. The summed E-state index contributed by atoms with van der Waals surface area (Å²) >= 11 is 0. The van der Waals surface area contributed by atoms with Gasteiger partial charge in [0.2, 0.25) is 72.4 Å². The molecule has 30 heteroatoms. The van der Waals surface area contributed by atoms with E-state index < -0.39 is 128 Å². The zero-order valence-corrected chi connectivity index (χ0v) is 69.6. The Bertz CT molecular complexity index is 3860. The van der Waals surface area contributed by atoms with E-state index >= 15 is 0 Å². The molecule has 3 heterocycles. The lowest BCUT2D eigenvalue weighted by Crippen LogP contribution is -2.56. The predicted octanol–water partition coefficient (Wildman–Crippen LogP) is 10.1. The molecule has 6 fully saturated rings. The van der Waals surface area contributed by atoms with Crippen LogP contribution in [0.1, 0.15) is 192 Å². The van der Waals surface area contributed by atoms with Gasteiger partial charge in [-0.15, -0.1) is 0 Å². The van der Waals surface area contributed by atoms with Crippen LogP contribution in [0.25, 0.3) is 0 Å². The lowest BCUT2D eigenvalue weighted by atomic mass is 9.81. The van der Waals surface area contributed by atoms with E-state index in [0.717, 1.165) is 16.7 Å². The van der Waals surface area contributed by atoms with Crippen molar-refractivity contribution in [3.05, 3.63) is 106 Å². The Morgan fingerprint density at radius 1 is 0.409 bits per heavy atom. The van der Waals surface area contributed by atoms with Crippen LogP contribution in [-0.2, 0) is 67.2 Å². The number of ether oxygens (including phenoxy) is 1. The molecule has 9 rings (SSSR count). The fourth-order valence-electron chi connectivity index (χ4n) is 16.2. The van der Waals surface area contributed by atoms with Crippen molar-refractivity contribution in [3.63, 3.8) is 0 Å². The molecule has 9 amide bonds. The van der Waals surface area contributed by atoms with E-state index in [1.54, 1.807) is 63.2 Å². The van der Waals surface area contributed by atoms with Crippen LogP contribution in [0.15, 0.2) is 72.8 Å². The first kappa shape index (κ1) is 93.0. The summed E-state index contributed by atoms with van der Waals surface area (Å²) in [6.45, 7) is 37.0. The molecule has 15 atom stereocenters. The number of nitrogens with zero attached hydrogens (tertiary/aromatic N) is 3. The summed E-state index contributed by atoms with van der Waals surface area (Å²) in [5.41, 5.74) is 1.63. The standard InChI is InChI=1S/C29H41F2N3O5.2C28H39F2N3O5/c1-16(28(2,3)4)26(37)34-15-19-22(29(19,5)6)23(34)25(36)33-20(14-21(30)31)24(35)32-13-12-17-8-10-18(11-9-17)27(38)39-7;2*1-15(27(2,3)4)25(36)33-14-18-21(28(18,5)6)22(33)24(35)32-19(13-20(29)30)23(34)31-12-11-16-7-9-17(10-8-16)26(37)38/h8-11,16,19-23H,12-15H2,1-7H3,(H,32,35)(H,33,36);2*7-10,15,18-22H,11-14H2,1-6H3,(H,31,34)(H,32,35)(H,37,38)/t16-,19?,20+,22?,23+;2*15-,18?,19+,21?,22+/m111/s1. The van der Waals surface area contributed by atoms with Gasteiger partial charge in [0.15, 0.2) is 0 Å². The van der Waals surface area contributed by atoms with E-state index in [0.29, 0.717) is 44.5 Å². The molecule has 24 nitrogen and oxygen atoms in total. The zero-order valence-electron chi connectivity index (χ0n) is 69.6. The van der Waals surface area contributed by atoms with Crippen molar-refractivity contribution in [1.82, 2.24) is 46.6 Å². The Morgan fingerprint density at radius 3 is 0.835 bits per heavy atom. The number of alkyl halides is 6. The third kappa shape index (κ3) is 22.8. The highest BCUT2D eigenvalue weighted by atomic mass is 19.3. The normalized spacial score (nSPS) is 23.3. The first-order chi connectivity index (χ1) is 53.2. The number of halogens is 6. The van der Waals surface area contributed by atoms with Gasteiger partial charge in [-0.05, 0) is 140 Å². The van der Waals surface area contributed by atoms with Gasteiger partial charge in [0.25, 0.3) is 0 Å². The smallest absolute Gasteiger partial charge is 0.337 e. The molecule has 115 heavy (non-hydrogen) atoms. The summed E-state index contributed by atoms with van der Waals surface area (Å²) in [7, 11) is 1.29. The van der Waals surface area contributed by atoms with Gasteiger partial charge in [0, 0.05) is 76.3 Å². The van der Waals surface area contributed by atoms with Gasteiger partial charge in [-0.25, -0.2) is 40.7 Å². The van der Waals surface area contributed by atoms with Gasteiger partial charge in [-0.1, -0.05) is 161 Å². The molecule has 6 unspecified atom stereocenters. The van der Waals surface area contributed by atoms with Crippen LogP contribution in [-0.4, -0.2) is 198 Å². The van der Waals surface area contributed by atoms with Crippen molar-refractivity contribution in [2.75, 3.05) is 46.4 Å². The van der Waals surface area contributed by atoms with Crippen molar-refractivity contribution in [2.45, 2.75) is 219 Å². The van der Waals surface area contributed by atoms with E-state index in [4.69, 9.17) is 10.2 Å². The Morgan fingerprint density at radius 2 is 0.635 bits per heavy atom. The van der Waals surface area contributed by atoms with Gasteiger partial charge in [0.1, 0.15) is 36.3 Å². The number of hydrogen-bond donors (Lipinski definition) is 8. The maximum absolute atomic E-state index is 13.5. The Kier molecular flexibility index (Phi) is 29.9. The molecular weight excluding hydrogens is 1500 g/mol. The number of carbonyl (C=O) groups excluding carboxylic acids is 10. The number of benzene rings is 3. The average molecular weight is 1620 g/mol. The number of fused-ring (bicyclic) bond motifs is 3. The van der Waals surface area contributed by atoms with Crippen LogP contribution in [0.4, 0.5) is 26.3 Å². The van der Waals surface area contributed by atoms with Crippen LogP contribution >= 0.6 is 0 Å². The molecule has 0 spiro atoms. The van der Waals surface area contributed by atoms with E-state index in [2.05, 4.69) is 36.6 Å². The van der Waals surface area contributed by atoms with Crippen LogP contribution in [0.2, 0.25) is 0 Å². The minimum absolute atomic E-state index is 0.0863. The molecular formula is C85H119F6N9O15. The van der Waals surface area contributed by atoms with Crippen LogP contribution in [0.3, 0.4) is 0 Å². The third-order valence-corrected chi connectivity index (χ3v) is 25.3. The number of methoxy groups -OCH3 is 1. The van der Waals surface area contributed by atoms with Crippen molar-refractivity contribution in [2.24, 2.45) is 85.8 Å². The Hall–Kier alpha value is -9.12. The van der Waals surface area contributed by atoms with Crippen LogP contribution in [0.5, 0.6) is 0 Å². The van der Waals surface area contributed by atoms with Gasteiger partial charge in [-0.2, -0.15) is 0 Å². The number of esters is 1. The number of hydrogen-bond acceptors (Lipinski definition) is 13. The highest BCUT2D eigenvalue weighted by Crippen LogP contribution is 2.67. The number of nitrogens with one attached hydrogen (secondary N) is 6. The lowest BCUT2D eigenvalue weighted by molar-refractivity contribution is -0.146. The molecule has 0 bridgehead atoms. The summed E-state index contributed by atoms with van der Waals surface area (Å²) in [4.78, 5) is 157. The highest BCUT2D eigenvalue weighted by Gasteiger charge is 2.72. The van der Waals surface area contributed by atoms with E-state index in [1.807, 2.05) is 125 Å². The van der Waals surface area contributed by atoms with Crippen molar-refractivity contribution >= 4 is 71.1 Å². The maximum Gasteiger partial charge on any atom is 0.337 e. The maximum atomic E-state index is 13.5. The lowest BCUT2D eigenvalue weighted by Gasteiger charge is -2.36. The molecule has 0 aromatic heterocycles. The topological polar surface area (TPSA) is 336 Å². The summed E-state index contributed by atoms with van der Waals surface area (Å²) in [5.74, 6) is -7.76. The monoisotopic (exact) mass is 1620 g/mol. The highest BCUT2D eigenvalue weighted by molar-refractivity contribution is 5.97. The number of carboxylic acids is 2. The molecule has 8 N–H and O–H groups in total. The summed E-state index contributed by atoms with van der Waals surface area (Å²) < 4.78 is 85.0. The predicted molar refractivity (Wildman–Crippen MR) is 417 cm³/mol. The van der Waals surface area contributed by atoms with Gasteiger partial charge in [-0.3, -0.25) is 43.2 Å². The van der Waals surface area contributed by atoms with Gasteiger partial charge < -0.3 is 61.6 Å². The molecule has 636 valence electrons. The molecule has 3 saturated carbocycles. The van der Waals surface area contributed by atoms with E-state index in [9.17, 15) is 83.9 Å². The first-order valence-corrected chi connectivity index (χ1v) is 39.5. The molecule has 6 aliphatic rings. The first-order valence-electron chi connectivity index (χ1n) is 39.5. The summed E-state index contributed by atoms with van der Waals surface area (Å²) in [5, 5.41) is 33.4. The summed E-state index contributed by atoms with van der Waals surface area (Å²) in [6.07, 6.45) is -9.85. The number of amides is 9. The Balaban J connectivity index is 0.000000239. The number of carbonyl (C=O) groups is 12. The average Bonchev–Trinajstić information content (AvgIpc) is 1.54. The van der Waals surface area contributed by atoms with Gasteiger partial charge >= 0.3 is 17.9 Å². The number of likely N-dealkylation sites (tertiary alicyclic amines) is 3. The number of carboxylic acid groups (broad SMARTS) is 2. The molecule has 3 aromatic carbocycles. The number of aromatic carboxylic acids is 2. The van der Waals surface area contributed by atoms with Gasteiger partial charge in [0.05, 0.1) is 23.8 Å². The minimum Gasteiger partial charge on any atom is -0.478 e. The molecule has 0 radical (unpaired) electrons. The SMILES string of the molecule is COC(=O)c1ccc(CCNC(=O)[C@H](CC(F)F)NC(=O)[C@@H]2C3C(CN2C(=O)[C@@H](C)C(C)(C)C)C3(C)C)cc1.C[C@H](C(=O)N1CC2C([C@H]1C(=O)N[C@@H](CC(F)F)C(=O)NCCc1ccc(C(=O)O)cc1)C2(C)C)C(C)(C)C.C[C@H](C(=O)N1CC2C([C@H]1C(=O)N[C@@H](CC(F)F)C(=O)NCCc1ccc(C(=O)O)cc1)C2(C)C)C(C)(C)C. The number of rotatable bonds is 30. The van der Waals surface area contributed by atoms with Crippen molar-refractivity contribution < 1.29 is 98.8 Å². The second-order valence-corrected chi connectivity index (χ2v) is 36.8. The zero-order chi connectivity index (χ0) is 86.4. The largest absolute Gasteiger partial charge is 0.478 e. The second-order valence-electron chi connectivity index (χ2n) is 36.8. The molecule has 3 saturated heterocycles. The quantitative estimate of drug-likeness (QED) is 0.0227.